The third-order valence-electron chi connectivity index (χ3n) is 5.65. The molecule has 4 rings (SSSR count). The SMILES string of the molecule is O=C(c1csc2c1CCCC2)N1CCCN(C[C@@H]2CCCO2)CC1. The standard InChI is InChI=1S/C19H28N2O2S/c22-19(17-14-24-18-7-2-1-6-16(17)18)21-9-4-8-20(10-11-21)13-15-5-3-12-23-15/h14-15H,1-13H2/t15-/m0/s1. The van der Waals surface area contributed by atoms with Crippen LogP contribution >= 0.6 is 11.3 Å². The molecule has 1 atom stereocenters. The van der Waals surface area contributed by atoms with Crippen LogP contribution in [-0.4, -0.2) is 61.1 Å². The number of nitrogens with zero attached hydrogens (tertiary/aromatic N) is 2. The lowest BCUT2D eigenvalue weighted by atomic mass is 9.95. The van der Waals surface area contributed by atoms with E-state index in [4.69, 9.17) is 4.74 Å². The molecule has 3 heterocycles. The predicted molar refractivity (Wildman–Crippen MR) is 96.9 cm³/mol. The van der Waals surface area contributed by atoms with E-state index in [0.717, 1.165) is 57.7 Å². The summed E-state index contributed by atoms with van der Waals surface area (Å²) in [5, 5.41) is 2.12. The van der Waals surface area contributed by atoms with Gasteiger partial charge in [-0.25, -0.2) is 0 Å². The van der Waals surface area contributed by atoms with Crippen molar-refractivity contribution in [3.05, 3.63) is 21.4 Å². The molecule has 1 aliphatic carbocycles. The highest BCUT2D eigenvalue weighted by atomic mass is 32.1. The lowest BCUT2D eigenvalue weighted by molar-refractivity contribution is 0.0704. The summed E-state index contributed by atoms with van der Waals surface area (Å²) in [5.74, 6) is 0.272. The van der Waals surface area contributed by atoms with Crippen molar-refractivity contribution in [2.24, 2.45) is 0 Å². The van der Waals surface area contributed by atoms with Crippen molar-refractivity contribution in [1.82, 2.24) is 9.80 Å². The Labute approximate surface area is 148 Å². The molecular weight excluding hydrogens is 320 g/mol. The summed E-state index contributed by atoms with van der Waals surface area (Å²) in [6.07, 6.45) is 8.66. The number of amides is 1. The van der Waals surface area contributed by atoms with Crippen LogP contribution in [0.4, 0.5) is 0 Å². The number of hydrogen-bond acceptors (Lipinski definition) is 4. The van der Waals surface area contributed by atoms with Gasteiger partial charge < -0.3 is 9.64 Å². The number of carbonyl (C=O) groups is 1. The second-order valence-electron chi connectivity index (χ2n) is 7.34. The van der Waals surface area contributed by atoms with Crippen LogP contribution in [0.2, 0.25) is 0 Å². The zero-order chi connectivity index (χ0) is 16.4. The van der Waals surface area contributed by atoms with Crippen molar-refractivity contribution < 1.29 is 9.53 Å². The van der Waals surface area contributed by atoms with Gasteiger partial charge in [0, 0.05) is 43.0 Å². The van der Waals surface area contributed by atoms with E-state index in [2.05, 4.69) is 15.2 Å². The zero-order valence-corrected chi connectivity index (χ0v) is 15.3. The molecule has 2 aliphatic heterocycles. The number of fused-ring (bicyclic) bond motifs is 1. The normalized spacial score (nSPS) is 25.5. The van der Waals surface area contributed by atoms with Gasteiger partial charge >= 0.3 is 0 Å². The van der Waals surface area contributed by atoms with E-state index >= 15 is 0 Å². The van der Waals surface area contributed by atoms with Gasteiger partial charge in [0.1, 0.15) is 0 Å². The van der Waals surface area contributed by atoms with E-state index in [1.54, 1.807) is 11.3 Å². The monoisotopic (exact) mass is 348 g/mol. The first-order valence-electron chi connectivity index (χ1n) is 9.54. The van der Waals surface area contributed by atoms with Crippen LogP contribution in [0, 0.1) is 0 Å². The Morgan fingerprint density at radius 2 is 2.04 bits per heavy atom. The molecule has 0 saturated carbocycles. The van der Waals surface area contributed by atoms with E-state index in [1.165, 1.54) is 42.5 Å². The molecule has 1 aromatic rings. The van der Waals surface area contributed by atoms with Gasteiger partial charge in [0.25, 0.3) is 5.91 Å². The first-order valence-corrected chi connectivity index (χ1v) is 10.4. The van der Waals surface area contributed by atoms with Crippen molar-refractivity contribution in [3.8, 4) is 0 Å². The van der Waals surface area contributed by atoms with Crippen LogP contribution in [0.15, 0.2) is 5.38 Å². The Bertz CT molecular complexity index is 580. The number of aryl methyl sites for hydroxylation is 1. The van der Waals surface area contributed by atoms with Crippen LogP contribution in [0.25, 0.3) is 0 Å². The van der Waals surface area contributed by atoms with Crippen LogP contribution in [0.1, 0.15) is 52.9 Å². The summed E-state index contributed by atoms with van der Waals surface area (Å²) in [5.41, 5.74) is 2.36. The molecule has 0 bridgehead atoms. The third kappa shape index (κ3) is 3.53. The largest absolute Gasteiger partial charge is 0.377 e. The van der Waals surface area contributed by atoms with Crippen LogP contribution in [0.3, 0.4) is 0 Å². The minimum atomic E-state index is 0.272. The van der Waals surface area contributed by atoms with Gasteiger partial charge in [0.2, 0.25) is 0 Å². The number of rotatable bonds is 3. The van der Waals surface area contributed by atoms with E-state index < -0.39 is 0 Å². The number of hydrogen-bond donors (Lipinski definition) is 0. The molecule has 2 saturated heterocycles. The summed E-state index contributed by atoms with van der Waals surface area (Å²) < 4.78 is 5.77. The Kier molecular flexibility index (Phi) is 5.20. The minimum absolute atomic E-state index is 0.272. The second kappa shape index (κ2) is 7.54. The van der Waals surface area contributed by atoms with E-state index in [-0.39, 0.29) is 5.91 Å². The first kappa shape index (κ1) is 16.6. The van der Waals surface area contributed by atoms with Gasteiger partial charge in [-0.05, 0) is 57.1 Å². The Balaban J connectivity index is 1.38. The molecule has 24 heavy (non-hydrogen) atoms. The highest BCUT2D eigenvalue weighted by molar-refractivity contribution is 7.10. The molecule has 2 fully saturated rings. The summed E-state index contributed by atoms with van der Waals surface area (Å²) in [6.45, 7) is 5.78. The topological polar surface area (TPSA) is 32.8 Å². The maximum atomic E-state index is 13.0. The van der Waals surface area contributed by atoms with Gasteiger partial charge in [0.05, 0.1) is 11.7 Å². The molecule has 5 heteroatoms. The number of ether oxygens (including phenoxy) is 1. The molecule has 1 aromatic heterocycles. The number of thiophene rings is 1. The van der Waals surface area contributed by atoms with Crippen LogP contribution in [-0.2, 0) is 17.6 Å². The summed E-state index contributed by atoms with van der Waals surface area (Å²) in [6, 6.07) is 0. The van der Waals surface area contributed by atoms with Crippen molar-refractivity contribution in [3.63, 3.8) is 0 Å². The average Bonchev–Trinajstić information content (AvgIpc) is 3.20. The predicted octanol–water partition coefficient (Wildman–Crippen LogP) is 2.95. The molecule has 0 unspecified atom stereocenters. The van der Waals surface area contributed by atoms with Crippen LogP contribution < -0.4 is 0 Å². The zero-order valence-electron chi connectivity index (χ0n) is 14.5. The van der Waals surface area contributed by atoms with Gasteiger partial charge in [-0.15, -0.1) is 11.3 Å². The Morgan fingerprint density at radius 1 is 1.12 bits per heavy atom. The smallest absolute Gasteiger partial charge is 0.255 e. The molecular formula is C19H28N2O2S. The summed E-state index contributed by atoms with van der Waals surface area (Å²) in [7, 11) is 0. The molecule has 0 aromatic carbocycles. The fourth-order valence-corrected chi connectivity index (χ4v) is 5.40. The molecule has 0 radical (unpaired) electrons. The van der Waals surface area contributed by atoms with Gasteiger partial charge in [-0.3, -0.25) is 9.69 Å². The summed E-state index contributed by atoms with van der Waals surface area (Å²) in [4.78, 5) is 19.1. The fourth-order valence-electron chi connectivity index (χ4n) is 4.28. The van der Waals surface area contributed by atoms with Gasteiger partial charge in [-0.2, -0.15) is 0 Å². The molecule has 0 N–H and O–H groups in total. The minimum Gasteiger partial charge on any atom is -0.377 e. The Morgan fingerprint density at radius 3 is 2.92 bits per heavy atom. The number of carbonyl (C=O) groups excluding carboxylic acids is 1. The molecule has 3 aliphatic rings. The van der Waals surface area contributed by atoms with Crippen LogP contribution in [0.5, 0.6) is 0 Å². The first-order chi connectivity index (χ1) is 11.8. The second-order valence-corrected chi connectivity index (χ2v) is 8.30. The van der Waals surface area contributed by atoms with E-state index in [0.29, 0.717) is 6.10 Å². The highest BCUT2D eigenvalue weighted by Crippen LogP contribution is 2.31. The lowest BCUT2D eigenvalue weighted by Gasteiger charge is -2.24. The lowest BCUT2D eigenvalue weighted by Crippen LogP contribution is -2.37. The van der Waals surface area contributed by atoms with Crippen molar-refractivity contribution in [2.45, 2.75) is 51.0 Å². The third-order valence-corrected chi connectivity index (χ3v) is 6.74. The van der Waals surface area contributed by atoms with E-state index in [9.17, 15) is 4.79 Å². The average molecular weight is 349 g/mol. The fraction of sp³-hybridized carbons (Fsp3) is 0.737. The van der Waals surface area contributed by atoms with E-state index in [1.807, 2.05) is 0 Å². The molecule has 1 amide bonds. The van der Waals surface area contributed by atoms with Crippen molar-refractivity contribution >= 4 is 17.2 Å². The van der Waals surface area contributed by atoms with Gasteiger partial charge in [-0.1, -0.05) is 0 Å². The van der Waals surface area contributed by atoms with Crippen molar-refractivity contribution in [2.75, 3.05) is 39.3 Å². The quantitative estimate of drug-likeness (QED) is 0.842. The molecule has 132 valence electrons. The maximum Gasteiger partial charge on any atom is 0.255 e. The van der Waals surface area contributed by atoms with Crippen molar-refractivity contribution in [1.29, 1.82) is 0 Å². The maximum absolute atomic E-state index is 13.0. The highest BCUT2D eigenvalue weighted by Gasteiger charge is 2.27. The molecule has 4 nitrogen and oxygen atoms in total. The van der Waals surface area contributed by atoms with Gasteiger partial charge in [0.15, 0.2) is 0 Å². The summed E-state index contributed by atoms with van der Waals surface area (Å²) >= 11 is 1.80. The molecule has 0 spiro atoms. The Hall–Kier alpha value is -0.910.